The van der Waals surface area contributed by atoms with Gasteiger partial charge in [0.15, 0.2) is 6.10 Å². The molecule has 0 aliphatic rings. The smallest absolute Gasteiger partial charge is 0.306 e. The standard InChI is InChI=1S/C23H25N3O6S/c1-15-6-4-7-19-21(15)24-14-26(23(19)29)13-5-8-20(27)32-16(2)22(28)17-9-11-18(12-10-17)25-33(3,30)31/h4,6-7,9-12,14,16,25H,5,8,13H2,1-3H3/t16-/m1/s1. The maximum atomic E-state index is 12.6. The molecule has 1 N–H and O–H groups in total. The Bertz CT molecular complexity index is 1350. The van der Waals surface area contributed by atoms with Gasteiger partial charge in [-0.2, -0.15) is 0 Å². The highest BCUT2D eigenvalue weighted by Crippen LogP contribution is 2.14. The molecule has 0 bridgehead atoms. The molecule has 10 heteroatoms. The molecule has 3 aromatic rings. The number of ether oxygens (including phenoxy) is 1. The van der Waals surface area contributed by atoms with E-state index in [0.29, 0.717) is 35.1 Å². The largest absolute Gasteiger partial charge is 0.454 e. The number of Topliss-reactive ketones (excluding diaryl/α,β-unsaturated/α-hetero) is 1. The number of nitrogens with zero attached hydrogens (tertiary/aromatic N) is 2. The van der Waals surface area contributed by atoms with E-state index in [4.69, 9.17) is 4.74 Å². The molecular weight excluding hydrogens is 446 g/mol. The molecule has 3 rings (SSSR count). The molecule has 174 valence electrons. The van der Waals surface area contributed by atoms with Crippen molar-refractivity contribution in [1.82, 2.24) is 9.55 Å². The van der Waals surface area contributed by atoms with Crippen LogP contribution in [-0.4, -0.2) is 42.1 Å². The van der Waals surface area contributed by atoms with Crippen molar-refractivity contribution in [2.24, 2.45) is 0 Å². The minimum Gasteiger partial charge on any atom is -0.454 e. The lowest BCUT2D eigenvalue weighted by Gasteiger charge is -2.13. The number of nitrogens with one attached hydrogen (secondary N) is 1. The fourth-order valence-corrected chi connectivity index (χ4v) is 3.92. The van der Waals surface area contributed by atoms with Crippen LogP contribution in [0.1, 0.15) is 35.7 Å². The van der Waals surface area contributed by atoms with Gasteiger partial charge >= 0.3 is 5.97 Å². The van der Waals surface area contributed by atoms with Gasteiger partial charge in [-0.3, -0.25) is 23.7 Å². The van der Waals surface area contributed by atoms with E-state index in [1.807, 2.05) is 13.0 Å². The first-order valence-corrected chi connectivity index (χ1v) is 12.2. The summed E-state index contributed by atoms with van der Waals surface area (Å²) in [6, 6.07) is 11.2. The summed E-state index contributed by atoms with van der Waals surface area (Å²) in [6.45, 7) is 3.66. The van der Waals surface area contributed by atoms with Gasteiger partial charge in [0.25, 0.3) is 5.56 Å². The summed E-state index contributed by atoms with van der Waals surface area (Å²) in [5.41, 5.74) is 2.02. The third kappa shape index (κ3) is 6.26. The average Bonchev–Trinajstić information content (AvgIpc) is 2.74. The predicted octanol–water partition coefficient (Wildman–Crippen LogP) is 2.67. The van der Waals surface area contributed by atoms with Gasteiger partial charge in [0, 0.05) is 24.2 Å². The summed E-state index contributed by atoms with van der Waals surface area (Å²) in [4.78, 5) is 41.6. The molecule has 0 amide bonds. The number of sulfonamides is 1. The van der Waals surface area contributed by atoms with E-state index in [0.717, 1.165) is 11.8 Å². The molecule has 0 saturated heterocycles. The van der Waals surface area contributed by atoms with E-state index in [1.165, 1.54) is 42.1 Å². The topological polar surface area (TPSA) is 124 Å². The van der Waals surface area contributed by atoms with E-state index < -0.39 is 27.9 Å². The van der Waals surface area contributed by atoms with Crippen molar-refractivity contribution in [1.29, 1.82) is 0 Å². The number of carbonyl (C=O) groups is 2. The zero-order chi connectivity index (χ0) is 24.2. The van der Waals surface area contributed by atoms with Gasteiger partial charge in [-0.25, -0.2) is 13.4 Å². The Kier molecular flexibility index (Phi) is 7.27. The SMILES string of the molecule is Cc1cccc2c(=O)n(CCCC(=O)O[C@H](C)C(=O)c3ccc(NS(C)(=O)=O)cc3)cnc12. The second-order valence-electron chi connectivity index (χ2n) is 7.77. The second kappa shape index (κ2) is 9.95. The lowest BCUT2D eigenvalue weighted by molar-refractivity contribution is -0.146. The highest BCUT2D eigenvalue weighted by atomic mass is 32.2. The molecule has 0 spiro atoms. The van der Waals surface area contributed by atoms with E-state index in [1.54, 1.807) is 12.1 Å². The number of ketones is 1. The normalized spacial score (nSPS) is 12.3. The maximum Gasteiger partial charge on any atom is 0.306 e. The molecule has 0 aliphatic carbocycles. The Morgan fingerprint density at radius 1 is 1.15 bits per heavy atom. The highest BCUT2D eigenvalue weighted by molar-refractivity contribution is 7.92. The number of aromatic nitrogens is 2. The molecule has 0 unspecified atom stereocenters. The van der Waals surface area contributed by atoms with Crippen LogP contribution < -0.4 is 10.3 Å². The lowest BCUT2D eigenvalue weighted by atomic mass is 10.1. The first-order chi connectivity index (χ1) is 15.5. The van der Waals surface area contributed by atoms with Crippen LogP contribution in [0.15, 0.2) is 53.6 Å². The number of rotatable bonds is 9. The number of anilines is 1. The molecule has 1 aromatic heterocycles. The Hall–Kier alpha value is -3.53. The predicted molar refractivity (Wildman–Crippen MR) is 125 cm³/mol. The second-order valence-corrected chi connectivity index (χ2v) is 9.51. The first-order valence-electron chi connectivity index (χ1n) is 10.3. The maximum absolute atomic E-state index is 12.6. The zero-order valence-electron chi connectivity index (χ0n) is 18.6. The van der Waals surface area contributed by atoms with Crippen molar-refractivity contribution in [3.05, 3.63) is 70.3 Å². The monoisotopic (exact) mass is 471 g/mol. The molecule has 0 aliphatic heterocycles. The zero-order valence-corrected chi connectivity index (χ0v) is 19.4. The van der Waals surface area contributed by atoms with Gasteiger partial charge in [-0.1, -0.05) is 12.1 Å². The summed E-state index contributed by atoms with van der Waals surface area (Å²) < 4.78 is 31.5. The average molecular weight is 472 g/mol. The van der Waals surface area contributed by atoms with E-state index in [2.05, 4.69) is 9.71 Å². The van der Waals surface area contributed by atoms with Gasteiger partial charge < -0.3 is 4.74 Å². The van der Waals surface area contributed by atoms with Crippen molar-refractivity contribution >= 4 is 38.4 Å². The fraction of sp³-hybridized carbons (Fsp3) is 0.304. The number of hydrogen-bond acceptors (Lipinski definition) is 7. The van der Waals surface area contributed by atoms with Crippen LogP contribution in [0, 0.1) is 6.92 Å². The number of hydrogen-bond donors (Lipinski definition) is 1. The number of fused-ring (bicyclic) bond motifs is 1. The highest BCUT2D eigenvalue weighted by Gasteiger charge is 2.19. The van der Waals surface area contributed by atoms with Gasteiger partial charge in [0.05, 0.1) is 23.5 Å². The summed E-state index contributed by atoms with van der Waals surface area (Å²) >= 11 is 0. The molecule has 0 fully saturated rings. The first kappa shape index (κ1) is 24.1. The summed E-state index contributed by atoms with van der Waals surface area (Å²) in [5, 5.41) is 0.525. The number of benzene rings is 2. The fourth-order valence-electron chi connectivity index (χ4n) is 3.35. The molecule has 0 saturated carbocycles. The summed E-state index contributed by atoms with van der Waals surface area (Å²) in [6.07, 6.45) is 1.88. The van der Waals surface area contributed by atoms with Crippen molar-refractivity contribution < 1.29 is 22.7 Å². The van der Waals surface area contributed by atoms with E-state index >= 15 is 0 Å². The molecular formula is C23H25N3O6S. The van der Waals surface area contributed by atoms with Gasteiger partial charge in [0.1, 0.15) is 0 Å². The molecule has 1 atom stereocenters. The lowest BCUT2D eigenvalue weighted by Crippen LogP contribution is -2.25. The van der Waals surface area contributed by atoms with E-state index in [-0.39, 0.29) is 12.0 Å². The quantitative estimate of drug-likeness (QED) is 0.376. The number of para-hydroxylation sites is 1. The van der Waals surface area contributed by atoms with Gasteiger partial charge in [0.2, 0.25) is 15.8 Å². The Morgan fingerprint density at radius 2 is 1.85 bits per heavy atom. The minimum absolute atomic E-state index is 0.0349. The van der Waals surface area contributed by atoms with Crippen molar-refractivity contribution in [2.75, 3.05) is 11.0 Å². The van der Waals surface area contributed by atoms with Crippen LogP contribution in [0.4, 0.5) is 5.69 Å². The minimum atomic E-state index is -3.42. The van der Waals surface area contributed by atoms with Gasteiger partial charge in [-0.15, -0.1) is 0 Å². The molecule has 9 nitrogen and oxygen atoms in total. The Labute approximate surface area is 191 Å². The van der Waals surface area contributed by atoms with E-state index in [9.17, 15) is 22.8 Å². The summed E-state index contributed by atoms with van der Waals surface area (Å²) in [7, 11) is -3.42. The van der Waals surface area contributed by atoms with Crippen molar-refractivity contribution in [3.63, 3.8) is 0 Å². The van der Waals surface area contributed by atoms with Crippen molar-refractivity contribution in [3.8, 4) is 0 Å². The number of aryl methyl sites for hydroxylation is 2. The van der Waals surface area contributed by atoms with Crippen LogP contribution >= 0.6 is 0 Å². The molecule has 2 aromatic carbocycles. The number of carbonyl (C=O) groups excluding carboxylic acids is 2. The van der Waals surface area contributed by atoms with Crippen molar-refractivity contribution in [2.45, 2.75) is 39.3 Å². The van der Waals surface area contributed by atoms with Crippen LogP contribution in [0.3, 0.4) is 0 Å². The van der Waals surface area contributed by atoms with Crippen LogP contribution in [0.5, 0.6) is 0 Å². The third-order valence-corrected chi connectivity index (χ3v) is 5.59. The Morgan fingerprint density at radius 3 is 2.52 bits per heavy atom. The molecule has 0 radical (unpaired) electrons. The molecule has 33 heavy (non-hydrogen) atoms. The summed E-state index contributed by atoms with van der Waals surface area (Å²) in [5.74, 6) is -0.955. The van der Waals surface area contributed by atoms with Gasteiger partial charge in [-0.05, 0) is 56.2 Å². The molecule has 1 heterocycles. The van der Waals surface area contributed by atoms with Crippen LogP contribution in [0.2, 0.25) is 0 Å². The Balaban J connectivity index is 1.53. The van der Waals surface area contributed by atoms with Crippen LogP contribution in [0.25, 0.3) is 10.9 Å². The third-order valence-electron chi connectivity index (χ3n) is 4.99. The van der Waals surface area contributed by atoms with Crippen LogP contribution in [-0.2, 0) is 26.1 Å². The number of esters is 1.